The fraction of sp³-hybridized carbons (Fsp3) is 0.0769. The molecule has 17 heavy (non-hydrogen) atoms. The number of aromatic carboxylic acids is 1. The quantitative estimate of drug-likeness (QED) is 0.693. The standard InChI is InChI=1S/C13H10N2O2/c1-15-11-3-2-8(13(16)17)6-9(11)10-7-14-5-4-12(10)15/h2-7H,1H3,(H,16,17). The molecule has 2 heterocycles. The van der Waals surface area contributed by atoms with E-state index in [1.807, 2.05) is 23.7 Å². The van der Waals surface area contributed by atoms with Crippen molar-refractivity contribution in [3.63, 3.8) is 0 Å². The Kier molecular flexibility index (Phi) is 1.92. The van der Waals surface area contributed by atoms with Gasteiger partial charge >= 0.3 is 5.97 Å². The summed E-state index contributed by atoms with van der Waals surface area (Å²) < 4.78 is 2.04. The number of aromatic nitrogens is 2. The average Bonchev–Trinajstić information content (AvgIpc) is 2.64. The maximum absolute atomic E-state index is 11.0. The smallest absolute Gasteiger partial charge is 0.335 e. The molecular weight excluding hydrogens is 216 g/mol. The van der Waals surface area contributed by atoms with Crippen LogP contribution in [0.15, 0.2) is 36.7 Å². The normalized spacial score (nSPS) is 11.1. The Balaban J connectivity index is 2.50. The number of aryl methyl sites for hydroxylation is 1. The minimum Gasteiger partial charge on any atom is -0.478 e. The summed E-state index contributed by atoms with van der Waals surface area (Å²) in [7, 11) is 1.96. The number of carbonyl (C=O) groups is 1. The second-order valence-corrected chi connectivity index (χ2v) is 3.99. The summed E-state index contributed by atoms with van der Waals surface area (Å²) in [6, 6.07) is 7.08. The number of carboxylic acid groups (broad SMARTS) is 1. The Morgan fingerprint density at radius 2 is 2.00 bits per heavy atom. The van der Waals surface area contributed by atoms with Gasteiger partial charge in [0.2, 0.25) is 0 Å². The molecule has 0 aliphatic rings. The predicted octanol–water partition coefficient (Wildman–Crippen LogP) is 2.42. The van der Waals surface area contributed by atoms with Gasteiger partial charge < -0.3 is 9.67 Å². The molecule has 0 spiro atoms. The van der Waals surface area contributed by atoms with Crippen molar-refractivity contribution in [2.24, 2.45) is 7.05 Å². The molecule has 1 aromatic carbocycles. The van der Waals surface area contributed by atoms with E-state index >= 15 is 0 Å². The summed E-state index contributed by atoms with van der Waals surface area (Å²) in [6.45, 7) is 0. The Bertz CT molecular complexity index is 744. The number of pyridine rings is 1. The van der Waals surface area contributed by atoms with Crippen LogP contribution in [-0.4, -0.2) is 20.6 Å². The summed E-state index contributed by atoms with van der Waals surface area (Å²) in [5, 5.41) is 10.9. The van der Waals surface area contributed by atoms with Crippen LogP contribution < -0.4 is 0 Å². The molecule has 0 aliphatic heterocycles. The van der Waals surface area contributed by atoms with Crippen LogP contribution in [-0.2, 0) is 7.05 Å². The van der Waals surface area contributed by atoms with Crippen LogP contribution in [0.1, 0.15) is 10.4 Å². The van der Waals surface area contributed by atoms with Crippen LogP contribution in [0.25, 0.3) is 21.8 Å². The maximum atomic E-state index is 11.0. The van der Waals surface area contributed by atoms with Crippen molar-refractivity contribution in [3.05, 3.63) is 42.2 Å². The summed E-state index contributed by atoms with van der Waals surface area (Å²) in [5.41, 5.74) is 2.37. The van der Waals surface area contributed by atoms with Gasteiger partial charge in [-0.15, -0.1) is 0 Å². The zero-order chi connectivity index (χ0) is 12.0. The second kappa shape index (κ2) is 3.31. The van der Waals surface area contributed by atoms with Crippen LogP contribution in [0.4, 0.5) is 0 Å². The van der Waals surface area contributed by atoms with Gasteiger partial charge in [0.05, 0.1) is 11.1 Å². The minimum atomic E-state index is -0.909. The molecular formula is C13H10N2O2. The van der Waals surface area contributed by atoms with E-state index in [1.165, 1.54) is 0 Å². The molecule has 4 nitrogen and oxygen atoms in total. The summed E-state index contributed by atoms with van der Waals surface area (Å²) in [5.74, 6) is -0.909. The van der Waals surface area contributed by atoms with Crippen molar-refractivity contribution in [1.29, 1.82) is 0 Å². The third-order valence-corrected chi connectivity index (χ3v) is 3.05. The monoisotopic (exact) mass is 226 g/mol. The van der Waals surface area contributed by atoms with Gasteiger partial charge in [-0.25, -0.2) is 4.79 Å². The number of fused-ring (bicyclic) bond motifs is 3. The molecule has 2 aromatic heterocycles. The van der Waals surface area contributed by atoms with Gasteiger partial charge in [-0.1, -0.05) is 0 Å². The number of carboxylic acids is 1. The zero-order valence-electron chi connectivity index (χ0n) is 9.21. The molecule has 0 amide bonds. The zero-order valence-corrected chi connectivity index (χ0v) is 9.21. The first-order valence-corrected chi connectivity index (χ1v) is 5.24. The van der Waals surface area contributed by atoms with Crippen LogP contribution >= 0.6 is 0 Å². The van der Waals surface area contributed by atoms with Gasteiger partial charge in [-0.2, -0.15) is 0 Å². The molecule has 4 heteroatoms. The topological polar surface area (TPSA) is 55.1 Å². The highest BCUT2D eigenvalue weighted by molar-refractivity contribution is 6.09. The van der Waals surface area contributed by atoms with Gasteiger partial charge in [0.25, 0.3) is 0 Å². The van der Waals surface area contributed by atoms with Crippen molar-refractivity contribution >= 4 is 27.8 Å². The lowest BCUT2D eigenvalue weighted by Crippen LogP contribution is -1.95. The molecule has 84 valence electrons. The fourth-order valence-electron chi connectivity index (χ4n) is 2.19. The Hall–Kier alpha value is -2.36. The lowest BCUT2D eigenvalue weighted by atomic mass is 10.1. The van der Waals surface area contributed by atoms with Crippen molar-refractivity contribution < 1.29 is 9.90 Å². The Labute approximate surface area is 97.1 Å². The van der Waals surface area contributed by atoms with Gasteiger partial charge in [0, 0.05) is 35.7 Å². The highest BCUT2D eigenvalue weighted by atomic mass is 16.4. The molecule has 3 rings (SSSR count). The summed E-state index contributed by atoms with van der Waals surface area (Å²) in [6.07, 6.45) is 3.50. The van der Waals surface area contributed by atoms with Crippen molar-refractivity contribution in [2.45, 2.75) is 0 Å². The molecule has 0 atom stereocenters. The van der Waals surface area contributed by atoms with E-state index in [0.29, 0.717) is 5.56 Å². The van der Waals surface area contributed by atoms with E-state index in [0.717, 1.165) is 21.8 Å². The molecule has 3 aromatic rings. The highest BCUT2D eigenvalue weighted by Crippen LogP contribution is 2.27. The SMILES string of the molecule is Cn1c2ccncc2c2cc(C(=O)O)ccc21. The van der Waals surface area contributed by atoms with E-state index < -0.39 is 5.97 Å². The van der Waals surface area contributed by atoms with Gasteiger partial charge in [0.1, 0.15) is 0 Å². The number of hydrogen-bond acceptors (Lipinski definition) is 2. The third kappa shape index (κ3) is 1.30. The van der Waals surface area contributed by atoms with Gasteiger partial charge in [0.15, 0.2) is 0 Å². The first-order chi connectivity index (χ1) is 8.18. The Morgan fingerprint density at radius 1 is 1.24 bits per heavy atom. The number of nitrogens with zero attached hydrogens (tertiary/aromatic N) is 2. The molecule has 0 unspecified atom stereocenters. The fourth-order valence-corrected chi connectivity index (χ4v) is 2.19. The lowest BCUT2D eigenvalue weighted by molar-refractivity contribution is 0.0697. The Morgan fingerprint density at radius 3 is 2.76 bits per heavy atom. The van der Waals surface area contributed by atoms with Crippen molar-refractivity contribution in [3.8, 4) is 0 Å². The van der Waals surface area contributed by atoms with Crippen molar-refractivity contribution in [1.82, 2.24) is 9.55 Å². The first-order valence-electron chi connectivity index (χ1n) is 5.24. The van der Waals surface area contributed by atoms with Gasteiger partial charge in [-0.05, 0) is 24.3 Å². The molecule has 0 fully saturated rings. The molecule has 0 bridgehead atoms. The van der Waals surface area contributed by atoms with Crippen LogP contribution in [0.3, 0.4) is 0 Å². The summed E-state index contributed by atoms with van der Waals surface area (Å²) >= 11 is 0. The molecule has 0 radical (unpaired) electrons. The molecule has 1 N–H and O–H groups in total. The third-order valence-electron chi connectivity index (χ3n) is 3.05. The molecule has 0 aliphatic carbocycles. The highest BCUT2D eigenvalue weighted by Gasteiger charge is 2.10. The van der Waals surface area contributed by atoms with E-state index in [4.69, 9.17) is 5.11 Å². The summed E-state index contributed by atoms with van der Waals surface area (Å²) in [4.78, 5) is 15.1. The van der Waals surface area contributed by atoms with E-state index in [1.54, 1.807) is 24.5 Å². The minimum absolute atomic E-state index is 0.300. The van der Waals surface area contributed by atoms with Gasteiger partial charge in [-0.3, -0.25) is 4.98 Å². The molecule has 0 saturated heterocycles. The first kappa shape index (κ1) is 9.84. The van der Waals surface area contributed by atoms with Crippen LogP contribution in [0.2, 0.25) is 0 Å². The largest absolute Gasteiger partial charge is 0.478 e. The maximum Gasteiger partial charge on any atom is 0.335 e. The lowest BCUT2D eigenvalue weighted by Gasteiger charge is -1.98. The number of benzene rings is 1. The number of rotatable bonds is 1. The van der Waals surface area contributed by atoms with E-state index in [2.05, 4.69) is 4.98 Å². The van der Waals surface area contributed by atoms with E-state index in [-0.39, 0.29) is 0 Å². The second-order valence-electron chi connectivity index (χ2n) is 3.99. The average molecular weight is 226 g/mol. The van der Waals surface area contributed by atoms with E-state index in [9.17, 15) is 4.79 Å². The molecule has 0 saturated carbocycles. The van der Waals surface area contributed by atoms with Crippen molar-refractivity contribution in [2.75, 3.05) is 0 Å². The van der Waals surface area contributed by atoms with Crippen LogP contribution in [0.5, 0.6) is 0 Å². The predicted molar refractivity (Wildman–Crippen MR) is 65.2 cm³/mol. The van der Waals surface area contributed by atoms with Crippen LogP contribution in [0, 0.1) is 0 Å². The number of hydrogen-bond donors (Lipinski definition) is 1.